The minimum atomic E-state index is -0.773. The first-order valence-electron chi connectivity index (χ1n) is 11.8. The van der Waals surface area contributed by atoms with Gasteiger partial charge in [0.15, 0.2) is 0 Å². The predicted octanol–water partition coefficient (Wildman–Crippen LogP) is 4.23. The molecule has 2 heterocycles. The van der Waals surface area contributed by atoms with Gasteiger partial charge < -0.3 is 20.1 Å². The number of hydrogen-bond acceptors (Lipinski definition) is 6. The molecule has 1 atom stereocenters. The molecule has 0 saturated carbocycles. The quantitative estimate of drug-likeness (QED) is 0.428. The van der Waals surface area contributed by atoms with Gasteiger partial charge in [0.05, 0.1) is 36.2 Å². The number of halogens is 1. The fraction of sp³-hybridized carbons (Fsp3) is 0.259. The smallest absolute Gasteiger partial charge is 0.343 e. The molecule has 1 aliphatic heterocycles. The van der Waals surface area contributed by atoms with Gasteiger partial charge in [0.25, 0.3) is 0 Å². The van der Waals surface area contributed by atoms with E-state index < -0.39 is 24.0 Å². The van der Waals surface area contributed by atoms with E-state index in [0.717, 1.165) is 11.1 Å². The van der Waals surface area contributed by atoms with Crippen molar-refractivity contribution in [2.24, 2.45) is 0 Å². The van der Waals surface area contributed by atoms with Crippen LogP contribution in [0.5, 0.6) is 0 Å². The lowest BCUT2D eigenvalue weighted by molar-refractivity contribution is -0.139. The topological polar surface area (TPSA) is 112 Å². The molecule has 2 amide bonds. The molecule has 0 spiro atoms. The molecule has 1 aromatic heterocycles. The van der Waals surface area contributed by atoms with Gasteiger partial charge in [-0.3, -0.25) is 0 Å². The van der Waals surface area contributed by atoms with Crippen LogP contribution in [-0.4, -0.2) is 41.0 Å². The van der Waals surface area contributed by atoms with E-state index in [4.69, 9.17) is 21.1 Å². The first-order valence-corrected chi connectivity index (χ1v) is 12.1. The number of nitrogens with one attached hydrogen (secondary N) is 2. The molecule has 1 aliphatic rings. The molecule has 0 bridgehead atoms. The van der Waals surface area contributed by atoms with Crippen LogP contribution in [0.4, 0.5) is 4.79 Å². The largest absolute Gasteiger partial charge is 0.463 e. The second-order valence-corrected chi connectivity index (χ2v) is 8.88. The molecule has 0 radical (unpaired) electrons. The Hall–Kier alpha value is -4.11. The highest BCUT2D eigenvalue weighted by Gasteiger charge is 2.34. The van der Waals surface area contributed by atoms with E-state index in [0.29, 0.717) is 17.8 Å². The SMILES string of the molecule is CCOC(=O)C1=C(COC(=O)c2c(C)nn(Cc3ccc(C)cc3)c2Cl)NC(=O)N[C@H]1c1ccccc1. The molecule has 0 unspecified atom stereocenters. The van der Waals surface area contributed by atoms with E-state index in [1.807, 2.05) is 37.3 Å². The lowest BCUT2D eigenvalue weighted by Gasteiger charge is -2.29. The third kappa shape index (κ3) is 5.83. The van der Waals surface area contributed by atoms with Crippen LogP contribution >= 0.6 is 11.6 Å². The molecule has 37 heavy (non-hydrogen) atoms. The van der Waals surface area contributed by atoms with Crippen molar-refractivity contribution in [3.05, 3.63) is 99.0 Å². The summed E-state index contributed by atoms with van der Waals surface area (Å²) in [6, 6.07) is 15.6. The normalized spacial score (nSPS) is 15.1. The summed E-state index contributed by atoms with van der Waals surface area (Å²) in [5.74, 6) is -1.35. The number of rotatable bonds is 8. The molecule has 9 nitrogen and oxygen atoms in total. The zero-order chi connectivity index (χ0) is 26.5. The van der Waals surface area contributed by atoms with Crippen LogP contribution in [0, 0.1) is 13.8 Å². The highest BCUT2D eigenvalue weighted by molar-refractivity contribution is 6.32. The summed E-state index contributed by atoms with van der Waals surface area (Å²) in [6.45, 7) is 5.49. The van der Waals surface area contributed by atoms with Crippen LogP contribution in [0.1, 0.15) is 45.7 Å². The maximum Gasteiger partial charge on any atom is 0.343 e. The van der Waals surface area contributed by atoms with Gasteiger partial charge in [-0.05, 0) is 31.9 Å². The molecule has 2 aromatic carbocycles. The van der Waals surface area contributed by atoms with Gasteiger partial charge in [0.1, 0.15) is 17.3 Å². The summed E-state index contributed by atoms with van der Waals surface area (Å²) in [7, 11) is 0. The molecular weight excluding hydrogens is 496 g/mol. The third-order valence-corrected chi connectivity index (χ3v) is 6.24. The number of carbonyl (C=O) groups excluding carboxylic acids is 3. The molecule has 0 fully saturated rings. The highest BCUT2D eigenvalue weighted by Crippen LogP contribution is 2.28. The van der Waals surface area contributed by atoms with Gasteiger partial charge in [-0.15, -0.1) is 0 Å². The van der Waals surface area contributed by atoms with Crippen LogP contribution < -0.4 is 10.6 Å². The second kappa shape index (κ2) is 11.3. The summed E-state index contributed by atoms with van der Waals surface area (Å²) in [5.41, 5.74) is 3.59. The Kier molecular flexibility index (Phi) is 7.93. The average molecular weight is 523 g/mol. The summed E-state index contributed by atoms with van der Waals surface area (Å²) < 4.78 is 12.3. The van der Waals surface area contributed by atoms with Crippen molar-refractivity contribution in [2.45, 2.75) is 33.4 Å². The molecule has 4 rings (SSSR count). The van der Waals surface area contributed by atoms with Gasteiger partial charge in [0.2, 0.25) is 0 Å². The fourth-order valence-electron chi connectivity index (χ4n) is 4.04. The van der Waals surface area contributed by atoms with Crippen LogP contribution in [0.3, 0.4) is 0 Å². The zero-order valence-electron chi connectivity index (χ0n) is 20.7. The molecule has 10 heteroatoms. The number of nitrogens with zero attached hydrogens (tertiary/aromatic N) is 2. The number of carbonyl (C=O) groups is 3. The Labute approximate surface area is 219 Å². The monoisotopic (exact) mass is 522 g/mol. The number of benzene rings is 2. The van der Waals surface area contributed by atoms with Crippen LogP contribution in [0.25, 0.3) is 0 Å². The number of amides is 2. The molecule has 192 valence electrons. The number of urea groups is 1. The Morgan fingerprint density at radius 2 is 1.73 bits per heavy atom. The van der Waals surface area contributed by atoms with E-state index in [1.165, 1.54) is 4.68 Å². The molecule has 0 saturated heterocycles. The number of ether oxygens (including phenoxy) is 2. The fourth-order valence-corrected chi connectivity index (χ4v) is 4.35. The van der Waals surface area contributed by atoms with Crippen LogP contribution in [0.2, 0.25) is 5.15 Å². The van der Waals surface area contributed by atoms with Gasteiger partial charge in [-0.25, -0.2) is 19.1 Å². The summed E-state index contributed by atoms with van der Waals surface area (Å²) >= 11 is 6.51. The Morgan fingerprint density at radius 1 is 1.03 bits per heavy atom. The zero-order valence-corrected chi connectivity index (χ0v) is 21.5. The van der Waals surface area contributed by atoms with E-state index in [2.05, 4.69) is 15.7 Å². The number of hydrogen-bond donors (Lipinski definition) is 2. The van der Waals surface area contributed by atoms with Crippen molar-refractivity contribution in [2.75, 3.05) is 13.2 Å². The van der Waals surface area contributed by atoms with Crippen LogP contribution in [-0.2, 0) is 20.8 Å². The van der Waals surface area contributed by atoms with Gasteiger partial charge in [-0.1, -0.05) is 71.8 Å². The predicted molar refractivity (Wildman–Crippen MR) is 137 cm³/mol. The van der Waals surface area contributed by atoms with Crippen molar-refractivity contribution in [3.63, 3.8) is 0 Å². The minimum Gasteiger partial charge on any atom is -0.463 e. The van der Waals surface area contributed by atoms with Gasteiger partial charge >= 0.3 is 18.0 Å². The first kappa shape index (κ1) is 26.0. The number of aryl methyl sites for hydroxylation is 2. The maximum absolute atomic E-state index is 13.0. The molecule has 3 aromatic rings. The van der Waals surface area contributed by atoms with E-state index in [-0.39, 0.29) is 35.2 Å². The number of esters is 2. The number of aromatic nitrogens is 2. The molecule has 2 N–H and O–H groups in total. The highest BCUT2D eigenvalue weighted by atomic mass is 35.5. The Bertz CT molecular complexity index is 1350. The minimum absolute atomic E-state index is 0.118. The standard InChI is InChI=1S/C27H27ClN4O5/c1-4-36-26(34)22-20(29-27(35)30-23(22)19-8-6-5-7-9-19)15-37-25(33)21-17(3)31-32(24(21)28)14-18-12-10-16(2)11-13-18/h5-13,23H,4,14-15H2,1-3H3,(H2,29,30,35)/t23-/m0/s1. The second-order valence-electron chi connectivity index (χ2n) is 8.53. The van der Waals surface area contributed by atoms with Crippen LogP contribution in [0.15, 0.2) is 65.9 Å². The van der Waals surface area contributed by atoms with E-state index >= 15 is 0 Å². The Balaban J connectivity index is 1.58. The molecule has 0 aliphatic carbocycles. The van der Waals surface area contributed by atoms with E-state index in [1.54, 1.807) is 38.1 Å². The average Bonchev–Trinajstić information content (AvgIpc) is 3.16. The molecular formula is C27H27ClN4O5. The maximum atomic E-state index is 13.0. The Morgan fingerprint density at radius 3 is 2.41 bits per heavy atom. The summed E-state index contributed by atoms with van der Waals surface area (Å²) in [4.78, 5) is 38.3. The van der Waals surface area contributed by atoms with Gasteiger partial charge in [-0.2, -0.15) is 5.10 Å². The summed E-state index contributed by atoms with van der Waals surface area (Å²) in [6.07, 6.45) is 0. The van der Waals surface area contributed by atoms with Gasteiger partial charge in [0, 0.05) is 0 Å². The van der Waals surface area contributed by atoms with Crippen molar-refractivity contribution in [3.8, 4) is 0 Å². The van der Waals surface area contributed by atoms with E-state index in [9.17, 15) is 14.4 Å². The van der Waals surface area contributed by atoms with Crippen molar-refractivity contribution < 1.29 is 23.9 Å². The van der Waals surface area contributed by atoms with Crippen molar-refractivity contribution >= 4 is 29.6 Å². The summed E-state index contributed by atoms with van der Waals surface area (Å²) in [5, 5.41) is 9.85. The lowest BCUT2D eigenvalue weighted by Crippen LogP contribution is -2.47. The van der Waals surface area contributed by atoms with Crippen molar-refractivity contribution in [1.29, 1.82) is 0 Å². The third-order valence-electron chi connectivity index (χ3n) is 5.85. The first-order chi connectivity index (χ1) is 17.8. The lowest BCUT2D eigenvalue weighted by atomic mass is 9.95. The van der Waals surface area contributed by atoms with Crippen molar-refractivity contribution in [1.82, 2.24) is 20.4 Å².